The van der Waals surface area contributed by atoms with E-state index in [2.05, 4.69) is 40.8 Å². The van der Waals surface area contributed by atoms with Gasteiger partial charge >= 0.3 is 5.97 Å². The zero-order chi connectivity index (χ0) is 17.5. The smallest absolute Gasteiger partial charge is 0.306 e. The molecule has 1 amide bonds. The zero-order valence-corrected chi connectivity index (χ0v) is 14.9. The summed E-state index contributed by atoms with van der Waals surface area (Å²) in [5, 5.41) is 0. The second-order valence-corrected chi connectivity index (χ2v) is 6.56. The Kier molecular flexibility index (Phi) is 6.79. The Morgan fingerprint density at radius 3 is 2.58 bits per heavy atom. The lowest BCUT2D eigenvalue weighted by Crippen LogP contribution is -2.49. The van der Waals surface area contributed by atoms with Crippen LogP contribution in [0.15, 0.2) is 30.3 Å². The number of esters is 1. The molecule has 0 aliphatic carbocycles. The summed E-state index contributed by atoms with van der Waals surface area (Å²) in [6, 6.07) is 11.2. The predicted octanol–water partition coefficient (Wildman–Crippen LogP) is 2.45. The van der Waals surface area contributed by atoms with Crippen molar-refractivity contribution in [2.24, 2.45) is 0 Å². The molecule has 132 valence electrons. The van der Waals surface area contributed by atoms with E-state index in [1.807, 2.05) is 18.0 Å². The van der Waals surface area contributed by atoms with Crippen molar-refractivity contribution in [3.63, 3.8) is 0 Å². The molecule has 2 rings (SSSR count). The van der Waals surface area contributed by atoms with Gasteiger partial charge in [-0.15, -0.1) is 0 Å². The number of carbonyl (C=O) groups is 2. The first kappa shape index (κ1) is 18.5. The lowest BCUT2D eigenvalue weighted by Gasteiger charge is -2.41. The minimum Gasteiger partial charge on any atom is -0.469 e. The fourth-order valence-corrected chi connectivity index (χ4v) is 3.29. The number of carbonyl (C=O) groups excluding carboxylic acids is 2. The highest BCUT2D eigenvalue weighted by Crippen LogP contribution is 2.23. The van der Waals surface area contributed by atoms with Crippen molar-refractivity contribution in [2.45, 2.75) is 51.2 Å². The van der Waals surface area contributed by atoms with Crippen LogP contribution in [0.2, 0.25) is 0 Å². The molecule has 1 aromatic rings. The summed E-state index contributed by atoms with van der Waals surface area (Å²) < 4.78 is 4.60. The molecule has 1 aliphatic heterocycles. The van der Waals surface area contributed by atoms with Gasteiger partial charge < -0.3 is 9.64 Å². The highest BCUT2D eigenvalue weighted by Gasteiger charge is 2.29. The van der Waals surface area contributed by atoms with Gasteiger partial charge in [-0.3, -0.25) is 14.5 Å². The van der Waals surface area contributed by atoms with Crippen LogP contribution in [-0.4, -0.2) is 54.5 Å². The first-order valence-electron chi connectivity index (χ1n) is 8.61. The molecule has 0 N–H and O–H groups in total. The molecule has 0 aromatic heterocycles. The Hall–Kier alpha value is -1.88. The van der Waals surface area contributed by atoms with Crippen molar-refractivity contribution in [1.29, 1.82) is 0 Å². The maximum atomic E-state index is 12.2. The number of hydrogen-bond donors (Lipinski definition) is 0. The Balaban J connectivity index is 1.83. The van der Waals surface area contributed by atoms with Crippen LogP contribution in [0.1, 0.15) is 38.2 Å². The number of ether oxygens (including phenoxy) is 1. The van der Waals surface area contributed by atoms with E-state index in [0.29, 0.717) is 6.04 Å². The molecule has 0 bridgehead atoms. The average molecular weight is 332 g/mol. The number of piperidine rings is 1. The monoisotopic (exact) mass is 332 g/mol. The van der Waals surface area contributed by atoms with E-state index in [-0.39, 0.29) is 30.8 Å². The number of benzene rings is 1. The first-order chi connectivity index (χ1) is 11.5. The van der Waals surface area contributed by atoms with Crippen LogP contribution in [0.3, 0.4) is 0 Å². The fourth-order valence-electron chi connectivity index (χ4n) is 3.29. The number of methoxy groups -OCH3 is 1. The van der Waals surface area contributed by atoms with Crippen molar-refractivity contribution in [3.8, 4) is 0 Å². The van der Waals surface area contributed by atoms with Gasteiger partial charge in [0.15, 0.2) is 0 Å². The number of likely N-dealkylation sites (tertiary alicyclic amines) is 1. The molecule has 0 radical (unpaired) electrons. The van der Waals surface area contributed by atoms with Crippen LogP contribution in [0.5, 0.6) is 0 Å². The molecule has 2 unspecified atom stereocenters. The molecular weight excluding hydrogens is 304 g/mol. The predicted molar refractivity (Wildman–Crippen MR) is 93.4 cm³/mol. The van der Waals surface area contributed by atoms with Crippen LogP contribution in [0, 0.1) is 0 Å². The van der Waals surface area contributed by atoms with Gasteiger partial charge in [0, 0.05) is 38.6 Å². The van der Waals surface area contributed by atoms with Gasteiger partial charge in [-0.05, 0) is 25.3 Å². The molecule has 2 atom stereocenters. The number of amides is 1. The summed E-state index contributed by atoms with van der Waals surface area (Å²) in [5.41, 5.74) is 1.32. The molecular formula is C19H28N2O3. The summed E-state index contributed by atoms with van der Waals surface area (Å²) in [6.45, 7) is 4.16. The first-order valence-corrected chi connectivity index (χ1v) is 8.61. The summed E-state index contributed by atoms with van der Waals surface area (Å²) in [4.78, 5) is 27.7. The maximum Gasteiger partial charge on any atom is 0.306 e. The van der Waals surface area contributed by atoms with Gasteiger partial charge in [0.25, 0.3) is 0 Å². The van der Waals surface area contributed by atoms with Crippen LogP contribution >= 0.6 is 0 Å². The average Bonchev–Trinajstić information content (AvgIpc) is 2.61. The quantitative estimate of drug-likeness (QED) is 0.751. The number of rotatable bonds is 6. The normalized spacial score (nSPS) is 21.3. The molecule has 1 saturated heterocycles. The minimum atomic E-state index is -0.331. The largest absolute Gasteiger partial charge is 0.469 e. The number of nitrogens with zero attached hydrogens (tertiary/aromatic N) is 2. The third-order valence-corrected chi connectivity index (χ3v) is 4.93. The van der Waals surface area contributed by atoms with Crippen molar-refractivity contribution in [3.05, 3.63) is 35.9 Å². The summed E-state index contributed by atoms with van der Waals surface area (Å²) in [7, 11) is 3.20. The SMILES string of the molecule is COC(=O)CCC(=O)N(C)C1CCN(Cc2ccccc2)C(C)C1. The lowest BCUT2D eigenvalue weighted by molar-refractivity contribution is -0.144. The van der Waals surface area contributed by atoms with Gasteiger partial charge in [0.1, 0.15) is 0 Å². The van der Waals surface area contributed by atoms with Gasteiger partial charge in [-0.2, -0.15) is 0 Å². The van der Waals surface area contributed by atoms with Crippen LogP contribution in [0.4, 0.5) is 0 Å². The summed E-state index contributed by atoms with van der Waals surface area (Å²) in [5.74, 6) is -0.308. The van der Waals surface area contributed by atoms with E-state index in [0.717, 1.165) is 25.9 Å². The van der Waals surface area contributed by atoms with Gasteiger partial charge in [0.05, 0.1) is 13.5 Å². The van der Waals surface area contributed by atoms with Crippen LogP contribution in [0.25, 0.3) is 0 Å². The van der Waals surface area contributed by atoms with Crippen molar-refractivity contribution in [1.82, 2.24) is 9.80 Å². The molecule has 1 fully saturated rings. The lowest BCUT2D eigenvalue weighted by atomic mass is 9.96. The number of hydrogen-bond acceptors (Lipinski definition) is 4. The molecule has 0 spiro atoms. The maximum absolute atomic E-state index is 12.2. The molecule has 1 heterocycles. The molecule has 0 saturated carbocycles. The third-order valence-electron chi connectivity index (χ3n) is 4.93. The summed E-state index contributed by atoms with van der Waals surface area (Å²) in [6.07, 6.45) is 2.31. The minimum absolute atomic E-state index is 0.0223. The second-order valence-electron chi connectivity index (χ2n) is 6.56. The van der Waals surface area contributed by atoms with Crippen molar-refractivity contribution >= 4 is 11.9 Å². The van der Waals surface area contributed by atoms with E-state index in [4.69, 9.17) is 0 Å². The van der Waals surface area contributed by atoms with E-state index < -0.39 is 0 Å². The fraction of sp³-hybridized carbons (Fsp3) is 0.579. The molecule has 5 heteroatoms. The van der Waals surface area contributed by atoms with Gasteiger partial charge in [0.2, 0.25) is 5.91 Å². The topological polar surface area (TPSA) is 49.9 Å². The molecule has 24 heavy (non-hydrogen) atoms. The zero-order valence-electron chi connectivity index (χ0n) is 14.9. The van der Waals surface area contributed by atoms with E-state index >= 15 is 0 Å². The Labute approximate surface area is 144 Å². The summed E-state index contributed by atoms with van der Waals surface area (Å²) >= 11 is 0. The highest BCUT2D eigenvalue weighted by atomic mass is 16.5. The van der Waals surface area contributed by atoms with E-state index in [1.54, 1.807) is 0 Å². The molecule has 1 aromatic carbocycles. The van der Waals surface area contributed by atoms with Crippen molar-refractivity contribution in [2.75, 3.05) is 20.7 Å². The Morgan fingerprint density at radius 2 is 1.96 bits per heavy atom. The third kappa shape index (κ3) is 5.06. The Morgan fingerprint density at radius 1 is 1.25 bits per heavy atom. The van der Waals surface area contributed by atoms with Gasteiger partial charge in [-0.25, -0.2) is 0 Å². The molecule has 1 aliphatic rings. The van der Waals surface area contributed by atoms with Crippen molar-refractivity contribution < 1.29 is 14.3 Å². The Bertz CT molecular complexity index is 547. The van der Waals surface area contributed by atoms with Gasteiger partial charge in [-0.1, -0.05) is 30.3 Å². The molecule has 5 nitrogen and oxygen atoms in total. The van der Waals surface area contributed by atoms with E-state index in [1.165, 1.54) is 12.7 Å². The second kappa shape index (κ2) is 8.83. The highest BCUT2D eigenvalue weighted by molar-refractivity contribution is 5.81. The van der Waals surface area contributed by atoms with Crippen LogP contribution in [-0.2, 0) is 20.9 Å². The standard InChI is InChI=1S/C19H28N2O3/c1-15-13-17(20(2)18(22)9-10-19(23)24-3)11-12-21(15)14-16-7-5-4-6-8-16/h4-8,15,17H,9-14H2,1-3H3. The van der Waals surface area contributed by atoms with Crippen LogP contribution < -0.4 is 0 Å². The van der Waals surface area contributed by atoms with E-state index in [9.17, 15) is 9.59 Å².